The van der Waals surface area contributed by atoms with E-state index in [-0.39, 0.29) is 6.42 Å². The molecule has 0 aromatic rings. The van der Waals surface area contributed by atoms with E-state index in [9.17, 15) is 8.78 Å². The largest absolute Gasteiger partial charge is 0.379 e. The Morgan fingerprint density at radius 1 is 1.46 bits per heavy atom. The average molecular weight is 191 g/mol. The number of nitrogens with two attached hydrogens (primary N) is 1. The highest BCUT2D eigenvalue weighted by Crippen LogP contribution is 2.63. The summed E-state index contributed by atoms with van der Waals surface area (Å²) in [5.41, 5.74) is 4.58. The Morgan fingerprint density at radius 3 is 2.46 bits per heavy atom. The maximum atomic E-state index is 12.9. The number of hydrogen-bond donors (Lipinski definition) is 1. The Kier molecular flexibility index (Phi) is 1.74. The summed E-state index contributed by atoms with van der Waals surface area (Å²) in [5.74, 6) is -2.50. The molecule has 76 valence electrons. The zero-order chi connectivity index (χ0) is 9.74. The van der Waals surface area contributed by atoms with Gasteiger partial charge in [0.2, 0.25) is 0 Å². The second-order valence-corrected chi connectivity index (χ2v) is 4.78. The standard InChI is InChI=1S/C9H15F2NO/c1-7(5-9(7,10)11)4-8(12)2-3-13-6-8/h2-6,12H2,1H3. The summed E-state index contributed by atoms with van der Waals surface area (Å²) in [7, 11) is 0. The molecule has 1 saturated heterocycles. The number of rotatable bonds is 2. The highest BCUT2D eigenvalue weighted by molar-refractivity contribution is 5.11. The van der Waals surface area contributed by atoms with Gasteiger partial charge in [0.1, 0.15) is 0 Å². The number of hydrogen-bond acceptors (Lipinski definition) is 2. The van der Waals surface area contributed by atoms with E-state index in [0.29, 0.717) is 26.1 Å². The minimum atomic E-state index is -2.50. The summed E-state index contributed by atoms with van der Waals surface area (Å²) in [4.78, 5) is 0. The highest BCUT2D eigenvalue weighted by atomic mass is 19.3. The molecular weight excluding hydrogens is 176 g/mol. The van der Waals surface area contributed by atoms with Gasteiger partial charge in [-0.2, -0.15) is 0 Å². The van der Waals surface area contributed by atoms with Crippen LogP contribution in [0, 0.1) is 5.41 Å². The van der Waals surface area contributed by atoms with Gasteiger partial charge in [-0.15, -0.1) is 0 Å². The van der Waals surface area contributed by atoms with Gasteiger partial charge in [0, 0.05) is 24.0 Å². The fraction of sp³-hybridized carbons (Fsp3) is 1.00. The molecular formula is C9H15F2NO. The lowest BCUT2D eigenvalue weighted by molar-refractivity contribution is 0.0554. The Bertz CT molecular complexity index is 218. The molecule has 2 aliphatic rings. The molecule has 2 N–H and O–H groups in total. The molecule has 0 spiro atoms. The summed E-state index contributed by atoms with van der Waals surface area (Å²) in [5, 5.41) is 0. The van der Waals surface area contributed by atoms with Gasteiger partial charge in [0.05, 0.1) is 6.61 Å². The quantitative estimate of drug-likeness (QED) is 0.718. The first kappa shape index (κ1) is 9.34. The smallest absolute Gasteiger partial charge is 0.254 e. The van der Waals surface area contributed by atoms with Gasteiger partial charge in [0.15, 0.2) is 0 Å². The second-order valence-electron chi connectivity index (χ2n) is 4.78. The van der Waals surface area contributed by atoms with Crippen molar-refractivity contribution in [3.05, 3.63) is 0 Å². The van der Waals surface area contributed by atoms with Crippen LogP contribution in [-0.4, -0.2) is 24.7 Å². The fourth-order valence-electron chi connectivity index (χ4n) is 2.18. The van der Waals surface area contributed by atoms with Crippen LogP contribution in [0.5, 0.6) is 0 Å². The van der Waals surface area contributed by atoms with Crippen molar-refractivity contribution >= 4 is 0 Å². The van der Waals surface area contributed by atoms with Gasteiger partial charge in [-0.1, -0.05) is 6.92 Å². The van der Waals surface area contributed by atoms with Crippen molar-refractivity contribution in [2.45, 2.75) is 37.6 Å². The predicted molar refractivity (Wildman–Crippen MR) is 44.6 cm³/mol. The monoisotopic (exact) mass is 191 g/mol. The minimum absolute atomic E-state index is 0.0149. The lowest BCUT2D eigenvalue weighted by Crippen LogP contribution is -2.43. The van der Waals surface area contributed by atoms with Crippen molar-refractivity contribution in [1.82, 2.24) is 0 Å². The van der Waals surface area contributed by atoms with Crippen LogP contribution in [0.1, 0.15) is 26.2 Å². The zero-order valence-corrected chi connectivity index (χ0v) is 7.78. The van der Waals surface area contributed by atoms with Crippen LogP contribution in [-0.2, 0) is 4.74 Å². The van der Waals surface area contributed by atoms with Crippen molar-refractivity contribution in [3.8, 4) is 0 Å². The van der Waals surface area contributed by atoms with E-state index >= 15 is 0 Å². The van der Waals surface area contributed by atoms with E-state index in [1.807, 2.05) is 0 Å². The SMILES string of the molecule is CC1(CC2(N)CCOC2)CC1(F)F. The number of alkyl halides is 2. The predicted octanol–water partition coefficient (Wildman–Crippen LogP) is 1.54. The molecule has 0 radical (unpaired) electrons. The van der Waals surface area contributed by atoms with Crippen molar-refractivity contribution in [2.24, 2.45) is 11.1 Å². The molecule has 2 unspecified atom stereocenters. The van der Waals surface area contributed by atoms with Crippen LogP contribution >= 0.6 is 0 Å². The molecule has 2 rings (SSSR count). The van der Waals surface area contributed by atoms with Crippen LogP contribution in [0.3, 0.4) is 0 Å². The summed E-state index contributed by atoms with van der Waals surface area (Å²) < 4.78 is 30.9. The van der Waals surface area contributed by atoms with Crippen LogP contribution < -0.4 is 5.73 Å². The third-order valence-corrected chi connectivity index (χ3v) is 3.25. The first-order valence-corrected chi connectivity index (χ1v) is 4.62. The molecule has 4 heteroatoms. The van der Waals surface area contributed by atoms with Gasteiger partial charge in [-0.3, -0.25) is 0 Å². The average Bonchev–Trinajstić information content (AvgIpc) is 2.38. The molecule has 0 aromatic carbocycles. The minimum Gasteiger partial charge on any atom is -0.379 e. The maximum Gasteiger partial charge on any atom is 0.254 e. The van der Waals surface area contributed by atoms with Gasteiger partial charge in [0.25, 0.3) is 5.92 Å². The van der Waals surface area contributed by atoms with E-state index in [2.05, 4.69) is 0 Å². The van der Waals surface area contributed by atoms with E-state index in [1.54, 1.807) is 6.92 Å². The number of halogens is 2. The Labute approximate surface area is 76.4 Å². The van der Waals surface area contributed by atoms with Crippen molar-refractivity contribution in [3.63, 3.8) is 0 Å². The fourth-order valence-corrected chi connectivity index (χ4v) is 2.18. The van der Waals surface area contributed by atoms with Crippen molar-refractivity contribution < 1.29 is 13.5 Å². The van der Waals surface area contributed by atoms with E-state index in [4.69, 9.17) is 10.5 Å². The Hall–Kier alpha value is -0.220. The van der Waals surface area contributed by atoms with Gasteiger partial charge < -0.3 is 10.5 Å². The van der Waals surface area contributed by atoms with Gasteiger partial charge in [-0.25, -0.2) is 8.78 Å². The molecule has 0 amide bonds. The molecule has 1 saturated carbocycles. The molecule has 0 bridgehead atoms. The zero-order valence-electron chi connectivity index (χ0n) is 7.78. The lowest BCUT2D eigenvalue weighted by Gasteiger charge is -2.25. The Balaban J connectivity index is 1.99. The third-order valence-electron chi connectivity index (χ3n) is 3.25. The van der Waals surface area contributed by atoms with E-state index in [1.165, 1.54) is 0 Å². The van der Waals surface area contributed by atoms with Crippen molar-refractivity contribution in [2.75, 3.05) is 13.2 Å². The normalized spacial score (nSPS) is 48.0. The third kappa shape index (κ3) is 1.46. The first-order chi connectivity index (χ1) is 5.87. The molecule has 1 heterocycles. The molecule has 13 heavy (non-hydrogen) atoms. The van der Waals surface area contributed by atoms with Crippen LogP contribution in [0.25, 0.3) is 0 Å². The van der Waals surface area contributed by atoms with Crippen LogP contribution in [0.2, 0.25) is 0 Å². The van der Waals surface area contributed by atoms with Crippen LogP contribution in [0.4, 0.5) is 8.78 Å². The second kappa shape index (κ2) is 2.42. The molecule has 1 aliphatic heterocycles. The lowest BCUT2D eigenvalue weighted by atomic mass is 9.86. The molecule has 1 aliphatic carbocycles. The summed E-state index contributed by atoms with van der Waals surface area (Å²) in [6, 6.07) is 0. The van der Waals surface area contributed by atoms with Crippen LogP contribution in [0.15, 0.2) is 0 Å². The number of ether oxygens (including phenoxy) is 1. The highest BCUT2D eigenvalue weighted by Gasteiger charge is 2.69. The summed E-state index contributed by atoms with van der Waals surface area (Å²) in [6.45, 7) is 2.65. The van der Waals surface area contributed by atoms with Gasteiger partial charge in [-0.05, 0) is 12.8 Å². The summed E-state index contributed by atoms with van der Waals surface area (Å²) in [6.07, 6.45) is 1.07. The van der Waals surface area contributed by atoms with Gasteiger partial charge >= 0.3 is 0 Å². The van der Waals surface area contributed by atoms with E-state index in [0.717, 1.165) is 0 Å². The van der Waals surface area contributed by atoms with E-state index < -0.39 is 16.9 Å². The first-order valence-electron chi connectivity index (χ1n) is 4.62. The van der Waals surface area contributed by atoms with Crippen molar-refractivity contribution in [1.29, 1.82) is 0 Å². The molecule has 2 nitrogen and oxygen atoms in total. The molecule has 2 fully saturated rings. The summed E-state index contributed by atoms with van der Waals surface area (Å²) >= 11 is 0. The maximum absolute atomic E-state index is 12.9. The topological polar surface area (TPSA) is 35.2 Å². The molecule has 0 aromatic heterocycles. The Morgan fingerprint density at radius 2 is 2.08 bits per heavy atom. The molecule has 2 atom stereocenters.